The molecule has 1 rings (SSSR count). The summed E-state index contributed by atoms with van der Waals surface area (Å²) in [6.07, 6.45) is 0. The van der Waals surface area contributed by atoms with Crippen LogP contribution in [-0.2, 0) is 9.53 Å². The zero-order valence-corrected chi connectivity index (χ0v) is 15.5. The van der Waals surface area contributed by atoms with Gasteiger partial charge in [-0.15, -0.1) is 11.3 Å². The minimum Gasteiger partial charge on any atom is -0.458 e. The molecule has 5 nitrogen and oxygen atoms in total. The maximum atomic E-state index is 12.3. The molecule has 1 aromatic heterocycles. The van der Waals surface area contributed by atoms with Crippen LogP contribution in [0.25, 0.3) is 0 Å². The predicted octanol–water partition coefficient (Wildman–Crippen LogP) is 3.31. The Morgan fingerprint density at radius 3 is 2.29 bits per heavy atom. The van der Waals surface area contributed by atoms with Gasteiger partial charge in [0, 0.05) is 4.88 Å². The van der Waals surface area contributed by atoms with Crippen molar-refractivity contribution in [3.05, 3.63) is 14.5 Å². The Kier molecular flexibility index (Phi) is 5.92. The van der Waals surface area contributed by atoms with E-state index in [1.54, 1.807) is 20.8 Å². The molecule has 1 aromatic rings. The molecule has 1 heterocycles. The van der Waals surface area contributed by atoms with Crippen LogP contribution in [0.2, 0.25) is 0 Å². The maximum Gasteiger partial charge on any atom is 0.329 e. The number of hydrogen-bond acceptors (Lipinski definition) is 5. The van der Waals surface area contributed by atoms with E-state index >= 15 is 0 Å². The quantitative estimate of drug-likeness (QED) is 0.818. The number of rotatable bonds is 4. The van der Waals surface area contributed by atoms with Crippen LogP contribution in [0.5, 0.6) is 0 Å². The van der Waals surface area contributed by atoms with Gasteiger partial charge in [0.1, 0.15) is 17.3 Å². The molecule has 0 saturated carbocycles. The number of ether oxygens (including phenoxy) is 1. The minimum atomic E-state index is -0.698. The van der Waals surface area contributed by atoms with Crippen molar-refractivity contribution in [3.8, 4) is 0 Å². The highest BCUT2D eigenvalue weighted by atomic mass is 79.9. The number of halogens is 1. The zero-order valence-electron chi connectivity index (χ0n) is 13.1. The minimum absolute atomic E-state index is 0.0776. The first-order valence-corrected chi connectivity index (χ1v) is 8.29. The molecule has 0 aliphatic rings. The van der Waals surface area contributed by atoms with E-state index in [2.05, 4.69) is 26.2 Å². The van der Waals surface area contributed by atoms with Gasteiger partial charge in [-0.25, -0.2) is 9.78 Å². The van der Waals surface area contributed by atoms with Crippen molar-refractivity contribution in [2.75, 3.05) is 0 Å². The number of carbonyl (C=O) groups excluding carboxylic acids is 2. The third kappa shape index (κ3) is 5.39. The number of esters is 1. The molecule has 0 spiro atoms. The van der Waals surface area contributed by atoms with Gasteiger partial charge in [0.2, 0.25) is 0 Å². The van der Waals surface area contributed by atoms with Gasteiger partial charge >= 0.3 is 5.97 Å². The lowest BCUT2D eigenvalue weighted by molar-refractivity contribution is -0.158. The van der Waals surface area contributed by atoms with Crippen LogP contribution in [0.3, 0.4) is 0 Å². The smallest absolute Gasteiger partial charge is 0.329 e. The average Bonchev–Trinajstić information content (AvgIpc) is 2.62. The number of amides is 1. The molecule has 0 saturated heterocycles. The second-order valence-corrected chi connectivity index (χ2v) is 8.58. The number of nitrogens with one attached hydrogen (secondary N) is 1. The molecule has 1 atom stereocenters. The van der Waals surface area contributed by atoms with Crippen LogP contribution in [0.1, 0.15) is 50.0 Å². The van der Waals surface area contributed by atoms with Crippen molar-refractivity contribution in [1.82, 2.24) is 10.3 Å². The maximum absolute atomic E-state index is 12.3. The van der Waals surface area contributed by atoms with Crippen molar-refractivity contribution in [2.45, 2.75) is 53.2 Å². The number of hydrogen-bond donors (Lipinski definition) is 1. The van der Waals surface area contributed by atoms with E-state index in [1.165, 1.54) is 11.3 Å². The Bertz CT molecular complexity index is 535. The summed E-state index contributed by atoms with van der Waals surface area (Å²) in [5, 5.41) is 2.72. The number of carbonyl (C=O) groups is 2. The highest BCUT2D eigenvalue weighted by molar-refractivity contribution is 9.11. The summed E-state index contributed by atoms with van der Waals surface area (Å²) in [6.45, 7) is 10.9. The molecule has 118 valence electrons. The van der Waals surface area contributed by atoms with Gasteiger partial charge in [-0.05, 0) is 49.5 Å². The summed E-state index contributed by atoms with van der Waals surface area (Å²) in [6, 6.07) is -0.698. The Morgan fingerprint density at radius 1 is 1.33 bits per heavy atom. The van der Waals surface area contributed by atoms with Crippen LogP contribution in [0.15, 0.2) is 3.92 Å². The summed E-state index contributed by atoms with van der Waals surface area (Å²) in [7, 11) is 0. The van der Waals surface area contributed by atoms with Gasteiger partial charge in [0.05, 0.1) is 0 Å². The van der Waals surface area contributed by atoms with Crippen molar-refractivity contribution < 1.29 is 14.3 Å². The largest absolute Gasteiger partial charge is 0.458 e. The van der Waals surface area contributed by atoms with Crippen molar-refractivity contribution in [2.24, 2.45) is 5.92 Å². The number of thiazole rings is 1. The molecular weight excluding hydrogens is 356 g/mol. The van der Waals surface area contributed by atoms with E-state index in [1.807, 2.05) is 20.8 Å². The normalized spacial score (nSPS) is 13.1. The molecule has 7 heteroatoms. The van der Waals surface area contributed by atoms with E-state index in [9.17, 15) is 9.59 Å². The third-order valence-corrected chi connectivity index (χ3v) is 4.02. The number of aromatic nitrogens is 1. The second-order valence-electron chi connectivity index (χ2n) is 6.10. The van der Waals surface area contributed by atoms with Gasteiger partial charge in [0.15, 0.2) is 3.92 Å². The number of nitrogens with zero attached hydrogens (tertiary/aromatic N) is 1. The third-order valence-electron chi connectivity index (χ3n) is 2.60. The molecule has 0 aliphatic heterocycles. The van der Waals surface area contributed by atoms with E-state index in [-0.39, 0.29) is 11.8 Å². The van der Waals surface area contributed by atoms with Crippen molar-refractivity contribution in [3.63, 3.8) is 0 Å². The highest BCUT2D eigenvalue weighted by Gasteiger charge is 2.30. The van der Waals surface area contributed by atoms with Gasteiger partial charge in [-0.2, -0.15) is 0 Å². The molecule has 0 radical (unpaired) electrons. The van der Waals surface area contributed by atoms with Crippen LogP contribution < -0.4 is 5.32 Å². The SMILES string of the molecule is Cc1sc(Br)nc1C(=O)N[C@@H](C(=O)OC(C)(C)C)C(C)C. The summed E-state index contributed by atoms with van der Waals surface area (Å²) < 4.78 is 5.99. The standard InChI is InChI=1S/C14H21BrN2O3S/c1-7(2)9(12(19)20-14(4,5)6)16-11(18)10-8(3)21-13(15)17-10/h7,9H,1-6H3,(H,16,18)/t9-/m1/s1. The predicted molar refractivity (Wildman–Crippen MR) is 86.5 cm³/mol. The van der Waals surface area contributed by atoms with Crippen molar-refractivity contribution >= 4 is 39.1 Å². The van der Waals surface area contributed by atoms with Gasteiger partial charge < -0.3 is 10.1 Å². The molecular formula is C14H21BrN2O3S. The highest BCUT2D eigenvalue weighted by Crippen LogP contribution is 2.22. The lowest BCUT2D eigenvalue weighted by Gasteiger charge is -2.26. The second kappa shape index (κ2) is 6.87. The summed E-state index contributed by atoms with van der Waals surface area (Å²) in [5.41, 5.74) is -0.254. The first-order chi connectivity index (χ1) is 9.51. The molecule has 21 heavy (non-hydrogen) atoms. The Morgan fingerprint density at radius 2 is 1.90 bits per heavy atom. The summed E-state index contributed by atoms with van der Waals surface area (Å²) in [5.74, 6) is -0.872. The topological polar surface area (TPSA) is 68.3 Å². The molecule has 0 aromatic carbocycles. The van der Waals surface area contributed by atoms with Crippen LogP contribution >= 0.6 is 27.3 Å². The zero-order chi connectivity index (χ0) is 16.4. The fourth-order valence-electron chi connectivity index (χ4n) is 1.65. The first-order valence-electron chi connectivity index (χ1n) is 6.68. The number of aryl methyl sites for hydroxylation is 1. The molecule has 0 unspecified atom stereocenters. The molecule has 0 fully saturated rings. The van der Waals surface area contributed by atoms with Crippen LogP contribution in [-0.4, -0.2) is 28.5 Å². The molecule has 1 N–H and O–H groups in total. The molecule has 0 bridgehead atoms. The van der Waals surface area contributed by atoms with Gasteiger partial charge in [-0.3, -0.25) is 4.79 Å². The lowest BCUT2D eigenvalue weighted by atomic mass is 10.0. The van der Waals surface area contributed by atoms with Gasteiger partial charge in [-0.1, -0.05) is 13.8 Å². The summed E-state index contributed by atoms with van der Waals surface area (Å²) in [4.78, 5) is 29.4. The lowest BCUT2D eigenvalue weighted by Crippen LogP contribution is -2.47. The molecule has 1 amide bonds. The van der Waals surface area contributed by atoms with E-state index < -0.39 is 17.6 Å². The van der Waals surface area contributed by atoms with Crippen molar-refractivity contribution in [1.29, 1.82) is 0 Å². The van der Waals surface area contributed by atoms with Crippen LogP contribution in [0, 0.1) is 12.8 Å². The fourth-order valence-corrected chi connectivity index (χ4v) is 3.18. The van der Waals surface area contributed by atoms with E-state index in [0.29, 0.717) is 9.61 Å². The van der Waals surface area contributed by atoms with E-state index in [0.717, 1.165) is 4.88 Å². The Balaban J connectivity index is 2.86. The average molecular weight is 377 g/mol. The first kappa shape index (κ1) is 18.1. The fraction of sp³-hybridized carbons (Fsp3) is 0.643. The monoisotopic (exact) mass is 376 g/mol. The Hall–Kier alpha value is -0.950. The summed E-state index contributed by atoms with van der Waals surface area (Å²) >= 11 is 4.63. The van der Waals surface area contributed by atoms with Gasteiger partial charge in [0.25, 0.3) is 5.91 Å². The Labute approximate surface area is 137 Å². The van der Waals surface area contributed by atoms with Crippen LogP contribution in [0.4, 0.5) is 0 Å². The molecule has 0 aliphatic carbocycles. The van der Waals surface area contributed by atoms with E-state index in [4.69, 9.17) is 4.74 Å².